The van der Waals surface area contributed by atoms with Gasteiger partial charge in [-0.25, -0.2) is 4.98 Å². The Bertz CT molecular complexity index is 1010. The summed E-state index contributed by atoms with van der Waals surface area (Å²) in [6, 6.07) is 7.75. The monoisotopic (exact) mass is 418 g/mol. The van der Waals surface area contributed by atoms with Crippen molar-refractivity contribution in [3.8, 4) is 16.9 Å². The fourth-order valence-electron chi connectivity index (χ4n) is 2.52. The van der Waals surface area contributed by atoms with Crippen molar-refractivity contribution in [2.75, 3.05) is 0 Å². The minimum atomic E-state index is -4.64. The van der Waals surface area contributed by atoms with Crippen molar-refractivity contribution < 1.29 is 26.3 Å². The van der Waals surface area contributed by atoms with Crippen LogP contribution in [0.5, 0.6) is 0 Å². The molecule has 0 fully saturated rings. The van der Waals surface area contributed by atoms with Gasteiger partial charge in [0.25, 0.3) is 5.56 Å². The summed E-state index contributed by atoms with van der Waals surface area (Å²) in [6.45, 7) is 0. The average molecular weight is 419 g/mol. The van der Waals surface area contributed by atoms with Gasteiger partial charge < -0.3 is 0 Å². The van der Waals surface area contributed by atoms with E-state index in [2.05, 4.69) is 4.98 Å². The third-order valence-electron chi connectivity index (χ3n) is 3.79. The van der Waals surface area contributed by atoms with Gasteiger partial charge in [0, 0.05) is 11.3 Å². The molecular weight excluding hydrogens is 410 g/mol. The third kappa shape index (κ3) is 4.04. The lowest BCUT2D eigenvalue weighted by Gasteiger charge is -2.13. The summed E-state index contributed by atoms with van der Waals surface area (Å²) < 4.78 is 78.4. The molecule has 0 bridgehead atoms. The van der Waals surface area contributed by atoms with E-state index in [9.17, 15) is 31.1 Å². The molecule has 0 unspecified atom stereocenters. The van der Waals surface area contributed by atoms with Crippen molar-refractivity contribution >= 4 is 11.6 Å². The molecule has 146 valence electrons. The van der Waals surface area contributed by atoms with Crippen LogP contribution in [0, 0.1) is 0 Å². The largest absolute Gasteiger partial charge is 0.416 e. The number of aromatic nitrogens is 2. The lowest BCUT2D eigenvalue weighted by molar-refractivity contribution is -0.138. The van der Waals surface area contributed by atoms with Crippen LogP contribution in [0.3, 0.4) is 0 Å². The van der Waals surface area contributed by atoms with Crippen LogP contribution in [0.1, 0.15) is 11.1 Å². The van der Waals surface area contributed by atoms with E-state index in [-0.39, 0.29) is 16.4 Å². The molecule has 0 radical (unpaired) electrons. The molecule has 2 aromatic carbocycles. The molecule has 3 nitrogen and oxygen atoms in total. The first-order chi connectivity index (χ1) is 13.0. The van der Waals surface area contributed by atoms with E-state index in [1.54, 1.807) is 0 Å². The second kappa shape index (κ2) is 6.97. The number of hydrogen-bond donors (Lipinski definition) is 0. The maximum absolute atomic E-state index is 12.9. The zero-order valence-corrected chi connectivity index (χ0v) is 14.4. The Kier molecular flexibility index (Phi) is 4.97. The second-order valence-electron chi connectivity index (χ2n) is 5.71. The van der Waals surface area contributed by atoms with Crippen LogP contribution in [0.15, 0.2) is 59.5 Å². The summed E-state index contributed by atoms with van der Waals surface area (Å²) in [5, 5.41) is -0.274. The molecule has 1 aromatic heterocycles. The summed E-state index contributed by atoms with van der Waals surface area (Å²) in [7, 11) is 0. The Hall–Kier alpha value is -2.81. The van der Waals surface area contributed by atoms with E-state index in [1.807, 2.05) is 0 Å². The Labute approximate surface area is 158 Å². The van der Waals surface area contributed by atoms with E-state index >= 15 is 0 Å². The Balaban J connectivity index is 2.19. The second-order valence-corrected chi connectivity index (χ2v) is 6.10. The van der Waals surface area contributed by atoms with Gasteiger partial charge in [-0.3, -0.25) is 9.36 Å². The first kappa shape index (κ1) is 19.9. The molecule has 1 heterocycles. The third-order valence-corrected chi connectivity index (χ3v) is 3.97. The fourth-order valence-corrected chi connectivity index (χ4v) is 2.70. The Morgan fingerprint density at radius 3 is 2.04 bits per heavy atom. The van der Waals surface area contributed by atoms with Crippen LogP contribution >= 0.6 is 11.6 Å². The normalized spacial score (nSPS) is 12.2. The average Bonchev–Trinajstić information content (AvgIpc) is 2.62. The lowest BCUT2D eigenvalue weighted by atomic mass is 10.1. The molecule has 0 saturated heterocycles. The molecule has 0 aliphatic heterocycles. The number of halogens is 7. The van der Waals surface area contributed by atoms with Gasteiger partial charge in [0.05, 0.1) is 17.3 Å². The summed E-state index contributed by atoms with van der Waals surface area (Å²) >= 11 is 5.87. The van der Waals surface area contributed by atoms with Gasteiger partial charge in [0.1, 0.15) is 10.8 Å². The molecule has 0 amide bonds. The quantitative estimate of drug-likeness (QED) is 0.508. The van der Waals surface area contributed by atoms with Crippen LogP contribution in [0.2, 0.25) is 5.15 Å². The number of alkyl halides is 6. The first-order valence-corrected chi connectivity index (χ1v) is 7.99. The Morgan fingerprint density at radius 2 is 1.43 bits per heavy atom. The van der Waals surface area contributed by atoms with Crippen LogP contribution in [-0.2, 0) is 12.4 Å². The van der Waals surface area contributed by atoms with Crippen LogP contribution in [0.4, 0.5) is 26.3 Å². The minimum Gasteiger partial charge on any atom is -0.279 e. The molecule has 0 N–H and O–H groups in total. The predicted octanol–water partition coefficient (Wildman–Crippen LogP) is 5.59. The van der Waals surface area contributed by atoms with Crippen molar-refractivity contribution in [2.24, 2.45) is 0 Å². The van der Waals surface area contributed by atoms with E-state index < -0.39 is 34.7 Å². The van der Waals surface area contributed by atoms with Gasteiger partial charge in [-0.2, -0.15) is 26.3 Å². The van der Waals surface area contributed by atoms with Crippen molar-refractivity contribution in [2.45, 2.75) is 12.4 Å². The summed E-state index contributed by atoms with van der Waals surface area (Å²) in [5.74, 6) is 0. The van der Waals surface area contributed by atoms with Gasteiger partial charge in [0.15, 0.2) is 0 Å². The van der Waals surface area contributed by atoms with Crippen LogP contribution in [0.25, 0.3) is 16.9 Å². The van der Waals surface area contributed by atoms with E-state index in [0.717, 1.165) is 47.2 Å². The predicted molar refractivity (Wildman–Crippen MR) is 90.3 cm³/mol. The van der Waals surface area contributed by atoms with Crippen molar-refractivity contribution in [3.63, 3.8) is 0 Å². The molecule has 3 aromatic rings. The number of rotatable bonds is 2. The lowest BCUT2D eigenvalue weighted by Crippen LogP contribution is -2.22. The van der Waals surface area contributed by atoms with Gasteiger partial charge >= 0.3 is 12.4 Å². The van der Waals surface area contributed by atoms with E-state index in [1.165, 1.54) is 12.1 Å². The number of benzene rings is 2. The van der Waals surface area contributed by atoms with Gasteiger partial charge in [-0.05, 0) is 30.3 Å². The van der Waals surface area contributed by atoms with Gasteiger partial charge in [-0.1, -0.05) is 29.8 Å². The molecule has 0 spiro atoms. The molecule has 10 heteroatoms. The molecule has 3 rings (SSSR count). The molecule has 28 heavy (non-hydrogen) atoms. The number of hydrogen-bond acceptors (Lipinski definition) is 2. The smallest absolute Gasteiger partial charge is 0.279 e. The van der Waals surface area contributed by atoms with Crippen molar-refractivity contribution in [1.82, 2.24) is 9.55 Å². The molecular formula is C18H9ClF6N2O. The molecule has 0 aliphatic rings. The fraction of sp³-hybridized carbons (Fsp3) is 0.111. The highest BCUT2D eigenvalue weighted by Gasteiger charge is 2.32. The maximum atomic E-state index is 12.9. The maximum Gasteiger partial charge on any atom is 0.416 e. The minimum absolute atomic E-state index is 0.155. The molecule has 0 aliphatic carbocycles. The van der Waals surface area contributed by atoms with Gasteiger partial charge in [-0.15, -0.1) is 0 Å². The van der Waals surface area contributed by atoms with Crippen LogP contribution in [-0.4, -0.2) is 9.55 Å². The topological polar surface area (TPSA) is 34.9 Å². The summed E-state index contributed by atoms with van der Waals surface area (Å²) in [4.78, 5) is 16.5. The molecule has 0 atom stereocenters. The highest BCUT2D eigenvalue weighted by atomic mass is 35.5. The first-order valence-electron chi connectivity index (χ1n) is 7.61. The van der Waals surface area contributed by atoms with Crippen molar-refractivity contribution in [3.05, 3.63) is 81.4 Å². The van der Waals surface area contributed by atoms with E-state index in [0.29, 0.717) is 0 Å². The highest BCUT2D eigenvalue weighted by molar-refractivity contribution is 6.29. The summed E-state index contributed by atoms with van der Waals surface area (Å²) in [6.07, 6.45) is -8.29. The van der Waals surface area contributed by atoms with Crippen molar-refractivity contribution in [1.29, 1.82) is 0 Å². The van der Waals surface area contributed by atoms with Gasteiger partial charge in [0.2, 0.25) is 0 Å². The zero-order valence-electron chi connectivity index (χ0n) is 13.6. The Morgan fingerprint density at radius 1 is 0.857 bits per heavy atom. The summed E-state index contributed by atoms with van der Waals surface area (Å²) in [5.41, 5.74) is -3.65. The highest BCUT2D eigenvalue weighted by Crippen LogP contribution is 2.32. The molecule has 0 saturated carbocycles. The SMILES string of the molecule is O=c1c(-c2cccc(C(F)(F)F)c2)nc(Cl)cn1-c1cccc(C(F)(F)F)c1. The standard InChI is InChI=1S/C18H9ClF6N2O/c19-14-9-27(13-6-2-5-12(8-13)18(23,24)25)16(28)15(26-14)10-3-1-4-11(7-10)17(20,21)22/h1-9H. The zero-order chi connectivity index (χ0) is 20.7. The van der Waals surface area contributed by atoms with Crippen LogP contribution < -0.4 is 5.56 Å². The van der Waals surface area contributed by atoms with E-state index in [4.69, 9.17) is 11.6 Å². The number of nitrogens with zero attached hydrogens (tertiary/aromatic N) is 2.